The molecule has 0 aromatic heterocycles. The van der Waals surface area contributed by atoms with Crippen molar-refractivity contribution in [1.82, 2.24) is 0 Å². The lowest BCUT2D eigenvalue weighted by molar-refractivity contribution is 0.227. The highest BCUT2D eigenvalue weighted by Crippen LogP contribution is 2.33. The molecule has 1 aromatic rings. The molecule has 4 nitrogen and oxygen atoms in total. The van der Waals surface area contributed by atoms with Crippen LogP contribution < -0.4 is 9.04 Å². The number of methoxy groups -OCH3 is 1. The molecule has 0 fully saturated rings. The van der Waals surface area contributed by atoms with Crippen LogP contribution >= 0.6 is 0 Å². The maximum Gasteiger partial charge on any atom is 0.162 e. The quantitative estimate of drug-likeness (QED) is 0.874. The molecular formula is C12H15NO3S. The van der Waals surface area contributed by atoms with Crippen molar-refractivity contribution in [2.75, 3.05) is 11.4 Å². The summed E-state index contributed by atoms with van der Waals surface area (Å²) in [5.74, 6) is 0.731. The number of benzene rings is 1. The minimum atomic E-state index is -1.30. The predicted molar refractivity (Wildman–Crippen MR) is 68.0 cm³/mol. The van der Waals surface area contributed by atoms with Gasteiger partial charge in [-0.15, -0.1) is 0 Å². The maximum absolute atomic E-state index is 12.1. The van der Waals surface area contributed by atoms with Gasteiger partial charge in [-0.25, -0.2) is 4.21 Å². The van der Waals surface area contributed by atoms with Gasteiger partial charge in [-0.05, 0) is 43.7 Å². The lowest BCUT2D eigenvalue weighted by Crippen LogP contribution is -2.31. The molecule has 0 amide bonds. The van der Waals surface area contributed by atoms with E-state index in [4.69, 9.17) is 4.74 Å². The van der Waals surface area contributed by atoms with E-state index >= 15 is 0 Å². The van der Waals surface area contributed by atoms with Crippen molar-refractivity contribution in [3.63, 3.8) is 0 Å². The van der Waals surface area contributed by atoms with Gasteiger partial charge in [0.15, 0.2) is 17.2 Å². The Hall–Kier alpha value is -1.33. The second kappa shape index (κ2) is 4.50. The summed E-state index contributed by atoms with van der Waals surface area (Å²) in [5.41, 5.74) is 1.46. The van der Waals surface area contributed by atoms with Crippen molar-refractivity contribution in [3.8, 4) is 5.75 Å². The van der Waals surface area contributed by atoms with E-state index in [9.17, 15) is 9.32 Å². The number of rotatable bonds is 2. The van der Waals surface area contributed by atoms with Crippen LogP contribution in [-0.2, 0) is 11.0 Å². The van der Waals surface area contributed by atoms with Crippen LogP contribution in [0.15, 0.2) is 34.7 Å². The molecule has 1 unspecified atom stereocenters. The maximum atomic E-state index is 12.1. The molecule has 1 heterocycles. The summed E-state index contributed by atoms with van der Waals surface area (Å²) >= 11 is 0. The fourth-order valence-corrected chi connectivity index (χ4v) is 3.03. The Kier molecular flexibility index (Phi) is 3.22. The highest BCUT2D eigenvalue weighted by atomic mass is 32.2. The van der Waals surface area contributed by atoms with Gasteiger partial charge in [-0.2, -0.15) is 0 Å². The fourth-order valence-electron chi connectivity index (χ4n) is 1.70. The van der Waals surface area contributed by atoms with E-state index in [-0.39, 0.29) is 0 Å². The zero-order valence-corrected chi connectivity index (χ0v) is 10.8. The van der Waals surface area contributed by atoms with Gasteiger partial charge < -0.3 is 9.84 Å². The molecule has 1 aliphatic heterocycles. The molecule has 17 heavy (non-hydrogen) atoms. The first-order chi connectivity index (χ1) is 8.06. The Morgan fingerprint density at radius 2 is 1.88 bits per heavy atom. The van der Waals surface area contributed by atoms with Gasteiger partial charge in [0.1, 0.15) is 5.75 Å². The summed E-state index contributed by atoms with van der Waals surface area (Å²) in [6.07, 6.45) is -0.816. The predicted octanol–water partition coefficient (Wildman–Crippen LogP) is 1.79. The van der Waals surface area contributed by atoms with Crippen LogP contribution in [0, 0.1) is 0 Å². The van der Waals surface area contributed by atoms with Crippen LogP contribution in [-0.4, -0.2) is 22.7 Å². The van der Waals surface area contributed by atoms with Crippen molar-refractivity contribution in [2.45, 2.75) is 20.1 Å². The summed E-state index contributed by atoms with van der Waals surface area (Å²) in [4.78, 5) is 0.716. The van der Waals surface area contributed by atoms with E-state index in [0.717, 1.165) is 11.3 Å². The molecule has 0 spiro atoms. The summed E-state index contributed by atoms with van der Waals surface area (Å²) < 4.78 is 18.6. The minimum absolute atomic E-state index is 0.716. The first-order valence-corrected chi connectivity index (χ1v) is 6.37. The molecule has 92 valence electrons. The van der Waals surface area contributed by atoms with E-state index < -0.39 is 17.2 Å². The van der Waals surface area contributed by atoms with E-state index in [1.54, 1.807) is 45.2 Å². The number of hydrogen-bond donors (Lipinski definition) is 1. The molecule has 1 aliphatic rings. The molecule has 2 rings (SSSR count). The summed E-state index contributed by atoms with van der Waals surface area (Å²) in [7, 11) is 0.288. The van der Waals surface area contributed by atoms with Crippen molar-refractivity contribution >= 4 is 16.7 Å². The number of allylic oxidation sites excluding steroid dienone is 1. The van der Waals surface area contributed by atoms with Gasteiger partial charge in [0, 0.05) is 4.91 Å². The molecule has 2 atom stereocenters. The zero-order valence-electron chi connectivity index (χ0n) is 10.0. The molecular weight excluding hydrogens is 238 g/mol. The zero-order chi connectivity index (χ0) is 12.6. The Morgan fingerprint density at radius 3 is 2.29 bits per heavy atom. The Morgan fingerprint density at radius 1 is 1.29 bits per heavy atom. The van der Waals surface area contributed by atoms with E-state index in [1.165, 1.54) is 4.31 Å². The van der Waals surface area contributed by atoms with Crippen molar-refractivity contribution in [3.05, 3.63) is 34.7 Å². The van der Waals surface area contributed by atoms with Crippen molar-refractivity contribution in [1.29, 1.82) is 0 Å². The second-order valence-corrected chi connectivity index (χ2v) is 5.39. The number of aliphatic hydroxyl groups excluding tert-OH is 1. The van der Waals surface area contributed by atoms with E-state index in [2.05, 4.69) is 0 Å². The Balaban J connectivity index is 2.33. The van der Waals surface area contributed by atoms with Gasteiger partial charge in [0.2, 0.25) is 0 Å². The smallest absolute Gasteiger partial charge is 0.162 e. The topological polar surface area (TPSA) is 49.8 Å². The Labute approximate surface area is 103 Å². The molecule has 0 aliphatic carbocycles. The first kappa shape index (κ1) is 12.1. The van der Waals surface area contributed by atoms with Crippen LogP contribution in [0.2, 0.25) is 0 Å². The number of hydrogen-bond acceptors (Lipinski definition) is 3. The van der Waals surface area contributed by atoms with Gasteiger partial charge in [-0.3, -0.25) is 4.31 Å². The third kappa shape index (κ3) is 1.96. The van der Waals surface area contributed by atoms with Crippen LogP contribution in [0.4, 0.5) is 5.69 Å². The van der Waals surface area contributed by atoms with Gasteiger partial charge in [-0.1, -0.05) is 0 Å². The molecule has 0 saturated heterocycles. The van der Waals surface area contributed by atoms with E-state index in [0.29, 0.717) is 10.6 Å². The van der Waals surface area contributed by atoms with Gasteiger partial charge in [0.05, 0.1) is 12.8 Å². The number of aliphatic hydroxyl groups is 1. The third-order valence-electron chi connectivity index (χ3n) is 2.93. The monoisotopic (exact) mass is 253 g/mol. The van der Waals surface area contributed by atoms with Crippen LogP contribution in [0.3, 0.4) is 0 Å². The van der Waals surface area contributed by atoms with Gasteiger partial charge >= 0.3 is 0 Å². The average Bonchev–Trinajstić information content (AvgIpc) is 2.54. The second-order valence-electron chi connectivity index (χ2n) is 3.89. The molecule has 1 N–H and O–H groups in total. The summed E-state index contributed by atoms with van der Waals surface area (Å²) in [6.45, 7) is 3.57. The van der Waals surface area contributed by atoms with Crippen molar-refractivity contribution in [2.24, 2.45) is 0 Å². The third-order valence-corrected chi connectivity index (χ3v) is 4.55. The highest BCUT2D eigenvalue weighted by molar-refractivity contribution is 7.90. The molecule has 0 saturated carbocycles. The number of nitrogens with zero attached hydrogens (tertiary/aromatic N) is 1. The highest BCUT2D eigenvalue weighted by Gasteiger charge is 2.33. The largest absolute Gasteiger partial charge is 0.497 e. The van der Waals surface area contributed by atoms with Gasteiger partial charge in [0.25, 0.3) is 0 Å². The SMILES string of the molecule is COc1ccc(N2[C@H](O)C(C)=C(C)S2=O)cc1. The average molecular weight is 253 g/mol. The van der Waals surface area contributed by atoms with Crippen molar-refractivity contribution < 1.29 is 14.1 Å². The van der Waals surface area contributed by atoms with E-state index in [1.807, 2.05) is 0 Å². The molecule has 0 radical (unpaired) electrons. The normalized spacial score (nSPS) is 24.4. The molecule has 5 heteroatoms. The minimum Gasteiger partial charge on any atom is -0.497 e. The lowest BCUT2D eigenvalue weighted by atomic mass is 10.2. The summed E-state index contributed by atoms with van der Waals surface area (Å²) in [6, 6.07) is 7.13. The molecule has 0 bridgehead atoms. The lowest BCUT2D eigenvalue weighted by Gasteiger charge is -2.22. The fraction of sp³-hybridized carbons (Fsp3) is 0.333. The van der Waals surface area contributed by atoms with Crippen LogP contribution in [0.5, 0.6) is 5.75 Å². The standard InChI is InChI=1S/C12H15NO3S/c1-8-9(2)17(15)13(12(8)14)10-4-6-11(16-3)7-5-10/h4-7,12,14H,1-3H3/t12-,17?/m1/s1. The number of anilines is 1. The Bertz CT molecular complexity index is 481. The first-order valence-electron chi connectivity index (χ1n) is 5.27. The van der Waals surface area contributed by atoms with Crippen LogP contribution in [0.25, 0.3) is 0 Å². The number of ether oxygens (including phenoxy) is 1. The van der Waals surface area contributed by atoms with Crippen LogP contribution in [0.1, 0.15) is 13.8 Å². The molecule has 1 aromatic carbocycles. The summed E-state index contributed by atoms with van der Waals surface area (Å²) in [5, 5.41) is 10.0.